The minimum atomic E-state index is 0.0572. The number of hydrazine groups is 1. The molecule has 106 valence electrons. The van der Waals surface area contributed by atoms with Crippen LogP contribution in [0.5, 0.6) is 0 Å². The van der Waals surface area contributed by atoms with Crippen LogP contribution in [0.25, 0.3) is 0 Å². The minimum Gasteiger partial charge on any atom is -0.394 e. The predicted octanol–water partition coefficient (Wildman–Crippen LogP) is 2.83. The SMILES string of the molecule is CC(C)N([C@@H](CO)c1ccccc1)N1CCC[C@@H]1C. The van der Waals surface area contributed by atoms with Crippen molar-refractivity contribution in [2.45, 2.75) is 51.7 Å². The van der Waals surface area contributed by atoms with Crippen LogP contribution in [-0.4, -0.2) is 40.4 Å². The molecule has 1 aromatic carbocycles. The molecule has 0 aromatic heterocycles. The smallest absolute Gasteiger partial charge is 0.0729 e. The van der Waals surface area contributed by atoms with Gasteiger partial charge in [-0.15, -0.1) is 0 Å². The number of nitrogens with zero attached hydrogens (tertiary/aromatic N) is 2. The first kappa shape index (κ1) is 14.5. The average Bonchev–Trinajstić information content (AvgIpc) is 2.82. The third kappa shape index (κ3) is 3.16. The lowest BCUT2D eigenvalue weighted by Gasteiger charge is -2.43. The van der Waals surface area contributed by atoms with Crippen molar-refractivity contribution in [2.24, 2.45) is 0 Å². The molecule has 1 aliphatic heterocycles. The van der Waals surface area contributed by atoms with Crippen LogP contribution < -0.4 is 0 Å². The van der Waals surface area contributed by atoms with Crippen molar-refractivity contribution in [3.05, 3.63) is 35.9 Å². The van der Waals surface area contributed by atoms with Crippen LogP contribution in [0.4, 0.5) is 0 Å². The minimum absolute atomic E-state index is 0.0572. The summed E-state index contributed by atoms with van der Waals surface area (Å²) >= 11 is 0. The second-order valence-corrected chi connectivity index (χ2v) is 5.74. The number of aliphatic hydroxyl groups excluding tert-OH is 1. The van der Waals surface area contributed by atoms with E-state index in [0.29, 0.717) is 12.1 Å². The van der Waals surface area contributed by atoms with Crippen molar-refractivity contribution in [3.63, 3.8) is 0 Å². The Labute approximate surface area is 116 Å². The van der Waals surface area contributed by atoms with Crippen molar-refractivity contribution < 1.29 is 5.11 Å². The lowest BCUT2D eigenvalue weighted by molar-refractivity contribution is -0.105. The average molecular weight is 262 g/mol. The van der Waals surface area contributed by atoms with Gasteiger partial charge in [-0.05, 0) is 39.2 Å². The molecule has 2 atom stereocenters. The number of aliphatic hydroxyl groups is 1. The Bertz CT molecular complexity index is 380. The van der Waals surface area contributed by atoms with Crippen LogP contribution in [0.3, 0.4) is 0 Å². The quantitative estimate of drug-likeness (QED) is 0.884. The molecule has 1 saturated heterocycles. The van der Waals surface area contributed by atoms with Gasteiger partial charge in [0.05, 0.1) is 12.6 Å². The Morgan fingerprint density at radius 1 is 1.32 bits per heavy atom. The Morgan fingerprint density at radius 2 is 2.00 bits per heavy atom. The van der Waals surface area contributed by atoms with Gasteiger partial charge in [-0.2, -0.15) is 0 Å². The number of hydrogen-bond acceptors (Lipinski definition) is 3. The highest BCUT2D eigenvalue weighted by Crippen LogP contribution is 2.29. The standard InChI is InChI=1S/C16H26N2O/c1-13(2)18(17-11-7-8-14(17)3)16(12-19)15-9-5-4-6-10-15/h4-6,9-10,13-14,16,19H,7-8,11-12H2,1-3H3/t14-,16-/m0/s1. The maximum Gasteiger partial charge on any atom is 0.0729 e. The first-order valence-electron chi connectivity index (χ1n) is 7.35. The summed E-state index contributed by atoms with van der Waals surface area (Å²) < 4.78 is 0. The van der Waals surface area contributed by atoms with E-state index in [0.717, 1.165) is 6.54 Å². The summed E-state index contributed by atoms with van der Waals surface area (Å²) in [5.41, 5.74) is 1.19. The lowest BCUT2D eigenvalue weighted by Crippen LogP contribution is -2.51. The van der Waals surface area contributed by atoms with Gasteiger partial charge in [0, 0.05) is 18.6 Å². The van der Waals surface area contributed by atoms with Gasteiger partial charge in [0.2, 0.25) is 0 Å². The van der Waals surface area contributed by atoms with E-state index in [9.17, 15) is 5.11 Å². The summed E-state index contributed by atoms with van der Waals surface area (Å²) in [5, 5.41) is 14.7. The predicted molar refractivity (Wildman–Crippen MR) is 78.6 cm³/mol. The van der Waals surface area contributed by atoms with E-state index in [4.69, 9.17) is 0 Å². The van der Waals surface area contributed by atoms with Crippen molar-refractivity contribution in [3.8, 4) is 0 Å². The zero-order chi connectivity index (χ0) is 13.8. The molecule has 1 heterocycles. The number of benzene rings is 1. The van der Waals surface area contributed by atoms with E-state index in [2.05, 4.69) is 42.9 Å². The van der Waals surface area contributed by atoms with Crippen LogP contribution in [0, 0.1) is 0 Å². The molecule has 1 fully saturated rings. The van der Waals surface area contributed by atoms with Gasteiger partial charge in [0.15, 0.2) is 0 Å². The summed E-state index contributed by atoms with van der Waals surface area (Å²) in [7, 11) is 0. The molecular formula is C16H26N2O. The van der Waals surface area contributed by atoms with Gasteiger partial charge in [-0.1, -0.05) is 30.3 Å². The molecule has 19 heavy (non-hydrogen) atoms. The van der Waals surface area contributed by atoms with E-state index < -0.39 is 0 Å². The third-order valence-corrected chi connectivity index (χ3v) is 4.02. The highest BCUT2D eigenvalue weighted by molar-refractivity contribution is 5.19. The molecule has 0 aliphatic carbocycles. The van der Waals surface area contributed by atoms with Crippen LogP contribution in [0.2, 0.25) is 0 Å². The topological polar surface area (TPSA) is 26.7 Å². The number of rotatable bonds is 5. The Balaban J connectivity index is 2.26. The van der Waals surface area contributed by atoms with E-state index in [-0.39, 0.29) is 12.6 Å². The van der Waals surface area contributed by atoms with Gasteiger partial charge >= 0.3 is 0 Å². The van der Waals surface area contributed by atoms with Crippen LogP contribution in [-0.2, 0) is 0 Å². The maximum atomic E-state index is 9.88. The molecule has 0 radical (unpaired) electrons. The van der Waals surface area contributed by atoms with E-state index in [1.54, 1.807) is 0 Å². The molecule has 0 saturated carbocycles. The Morgan fingerprint density at radius 3 is 2.47 bits per heavy atom. The zero-order valence-corrected chi connectivity index (χ0v) is 12.3. The van der Waals surface area contributed by atoms with E-state index in [1.807, 2.05) is 18.2 Å². The van der Waals surface area contributed by atoms with Crippen molar-refractivity contribution in [1.82, 2.24) is 10.0 Å². The fraction of sp³-hybridized carbons (Fsp3) is 0.625. The fourth-order valence-electron chi connectivity index (χ4n) is 3.11. The Kier molecular flexibility index (Phi) is 4.97. The summed E-state index contributed by atoms with van der Waals surface area (Å²) in [5.74, 6) is 0. The fourth-order valence-corrected chi connectivity index (χ4v) is 3.11. The first-order chi connectivity index (χ1) is 9.15. The van der Waals surface area contributed by atoms with E-state index in [1.165, 1.54) is 18.4 Å². The second-order valence-electron chi connectivity index (χ2n) is 5.74. The maximum absolute atomic E-state index is 9.88. The molecule has 1 aliphatic rings. The highest BCUT2D eigenvalue weighted by atomic mass is 16.3. The first-order valence-corrected chi connectivity index (χ1v) is 7.35. The Hall–Kier alpha value is -0.900. The largest absolute Gasteiger partial charge is 0.394 e. The third-order valence-electron chi connectivity index (χ3n) is 4.02. The second kappa shape index (κ2) is 6.51. The normalized spacial score (nSPS) is 22.3. The molecular weight excluding hydrogens is 236 g/mol. The van der Waals surface area contributed by atoms with Crippen molar-refractivity contribution in [1.29, 1.82) is 0 Å². The van der Waals surface area contributed by atoms with Gasteiger partial charge in [0.25, 0.3) is 0 Å². The molecule has 0 unspecified atom stereocenters. The van der Waals surface area contributed by atoms with Gasteiger partial charge in [-0.25, -0.2) is 10.0 Å². The van der Waals surface area contributed by atoms with Crippen molar-refractivity contribution >= 4 is 0 Å². The molecule has 0 spiro atoms. The molecule has 0 bridgehead atoms. The molecule has 0 amide bonds. The van der Waals surface area contributed by atoms with Crippen LogP contribution in [0.1, 0.15) is 45.2 Å². The molecule has 2 rings (SSSR count). The highest BCUT2D eigenvalue weighted by Gasteiger charge is 2.33. The summed E-state index contributed by atoms with van der Waals surface area (Å²) in [6.45, 7) is 7.95. The summed E-state index contributed by atoms with van der Waals surface area (Å²) in [6, 6.07) is 11.3. The molecule has 1 aromatic rings. The van der Waals surface area contributed by atoms with Gasteiger partial charge < -0.3 is 5.11 Å². The van der Waals surface area contributed by atoms with Crippen molar-refractivity contribution in [2.75, 3.05) is 13.2 Å². The zero-order valence-electron chi connectivity index (χ0n) is 12.3. The van der Waals surface area contributed by atoms with E-state index >= 15 is 0 Å². The molecule has 3 nitrogen and oxygen atoms in total. The lowest BCUT2D eigenvalue weighted by atomic mass is 10.1. The summed E-state index contributed by atoms with van der Waals surface area (Å²) in [6.07, 6.45) is 2.49. The van der Waals surface area contributed by atoms with Gasteiger partial charge in [0.1, 0.15) is 0 Å². The molecule has 3 heteroatoms. The number of hydrogen-bond donors (Lipinski definition) is 1. The molecule has 1 N–H and O–H groups in total. The van der Waals surface area contributed by atoms with Crippen LogP contribution in [0.15, 0.2) is 30.3 Å². The summed E-state index contributed by atoms with van der Waals surface area (Å²) in [4.78, 5) is 0. The van der Waals surface area contributed by atoms with Gasteiger partial charge in [-0.3, -0.25) is 0 Å². The van der Waals surface area contributed by atoms with Crippen LogP contribution >= 0.6 is 0 Å². The monoisotopic (exact) mass is 262 g/mol.